The van der Waals surface area contributed by atoms with Crippen LogP contribution in [0.5, 0.6) is 5.75 Å². The Bertz CT molecular complexity index is 933. The summed E-state index contributed by atoms with van der Waals surface area (Å²) >= 11 is 0. The predicted molar refractivity (Wildman–Crippen MR) is 110 cm³/mol. The van der Waals surface area contributed by atoms with Gasteiger partial charge in [-0.3, -0.25) is 4.79 Å². The second-order valence-corrected chi connectivity index (χ2v) is 7.82. The smallest absolute Gasteiger partial charge is 0.251 e. The highest BCUT2D eigenvalue weighted by Crippen LogP contribution is 2.13. The molecule has 0 fully saturated rings. The molecule has 154 valence electrons. The van der Waals surface area contributed by atoms with Gasteiger partial charge in [-0.05, 0) is 48.4 Å². The molecule has 2 rings (SSSR count). The van der Waals surface area contributed by atoms with Gasteiger partial charge in [0, 0.05) is 25.8 Å². The monoisotopic (exact) mass is 416 g/mol. The number of benzene rings is 2. The molecule has 0 radical (unpaired) electrons. The van der Waals surface area contributed by atoms with Crippen LogP contribution >= 0.6 is 0 Å². The SMILES string of the molecule is C#CCOc1ccc(CCNC(=O)c2ccc(S(=O)(=O)NCCOC)cc2)cc1. The zero-order valence-electron chi connectivity index (χ0n) is 16.2. The molecule has 0 aliphatic carbocycles. The number of rotatable bonds is 11. The van der Waals surface area contributed by atoms with Crippen LogP contribution < -0.4 is 14.8 Å². The van der Waals surface area contributed by atoms with Crippen molar-refractivity contribution < 1.29 is 22.7 Å². The summed E-state index contributed by atoms with van der Waals surface area (Å²) in [5.74, 6) is 2.83. The minimum atomic E-state index is -3.62. The molecule has 0 unspecified atom stereocenters. The first-order valence-corrected chi connectivity index (χ1v) is 10.5. The third kappa shape index (κ3) is 7.23. The first kappa shape index (κ1) is 22.4. The molecule has 0 heterocycles. The Balaban J connectivity index is 1.84. The van der Waals surface area contributed by atoms with E-state index >= 15 is 0 Å². The van der Waals surface area contributed by atoms with Gasteiger partial charge in [0.15, 0.2) is 0 Å². The minimum Gasteiger partial charge on any atom is -0.481 e. The van der Waals surface area contributed by atoms with Crippen molar-refractivity contribution in [3.05, 3.63) is 59.7 Å². The highest BCUT2D eigenvalue weighted by atomic mass is 32.2. The third-order valence-corrected chi connectivity index (χ3v) is 5.45. The van der Waals surface area contributed by atoms with Crippen molar-refractivity contribution in [2.45, 2.75) is 11.3 Å². The number of terminal acetylenes is 1. The van der Waals surface area contributed by atoms with E-state index in [1.54, 1.807) is 0 Å². The first-order chi connectivity index (χ1) is 14.0. The molecule has 2 aromatic carbocycles. The number of sulfonamides is 1. The van der Waals surface area contributed by atoms with E-state index in [1.165, 1.54) is 31.4 Å². The molecule has 2 N–H and O–H groups in total. The van der Waals surface area contributed by atoms with Crippen LogP contribution in [0.25, 0.3) is 0 Å². The van der Waals surface area contributed by atoms with E-state index in [4.69, 9.17) is 15.9 Å². The molecule has 8 heteroatoms. The Labute approximate surface area is 171 Å². The van der Waals surface area contributed by atoms with Gasteiger partial charge in [0.2, 0.25) is 10.0 Å². The standard InChI is InChI=1S/C21H24N2O5S/c1-3-15-28-19-8-4-17(5-9-19)12-13-22-21(24)18-6-10-20(11-7-18)29(25,26)23-14-16-27-2/h1,4-11,23H,12-16H2,2H3,(H,22,24). The molecule has 0 atom stereocenters. The van der Waals surface area contributed by atoms with Gasteiger partial charge >= 0.3 is 0 Å². The maximum absolute atomic E-state index is 12.2. The average Bonchev–Trinajstić information content (AvgIpc) is 2.73. The van der Waals surface area contributed by atoms with Gasteiger partial charge in [-0.25, -0.2) is 13.1 Å². The molecule has 7 nitrogen and oxygen atoms in total. The van der Waals surface area contributed by atoms with Gasteiger partial charge in [-0.2, -0.15) is 0 Å². The van der Waals surface area contributed by atoms with E-state index in [9.17, 15) is 13.2 Å². The summed E-state index contributed by atoms with van der Waals surface area (Å²) in [6, 6.07) is 13.2. The van der Waals surface area contributed by atoms with Gasteiger partial charge in [0.25, 0.3) is 5.91 Å². The molecular formula is C21H24N2O5S. The highest BCUT2D eigenvalue weighted by Gasteiger charge is 2.14. The highest BCUT2D eigenvalue weighted by molar-refractivity contribution is 7.89. The lowest BCUT2D eigenvalue weighted by atomic mass is 10.1. The fourth-order valence-electron chi connectivity index (χ4n) is 2.45. The zero-order chi connectivity index (χ0) is 21.1. The molecule has 0 saturated heterocycles. The van der Waals surface area contributed by atoms with Gasteiger partial charge in [-0.15, -0.1) is 6.42 Å². The predicted octanol–water partition coefficient (Wildman–Crippen LogP) is 1.60. The van der Waals surface area contributed by atoms with Crippen molar-refractivity contribution >= 4 is 15.9 Å². The lowest BCUT2D eigenvalue weighted by molar-refractivity contribution is 0.0954. The summed E-state index contributed by atoms with van der Waals surface area (Å²) in [6.45, 7) is 1.12. The van der Waals surface area contributed by atoms with E-state index in [1.807, 2.05) is 24.3 Å². The van der Waals surface area contributed by atoms with Gasteiger partial charge < -0.3 is 14.8 Å². The van der Waals surface area contributed by atoms with Crippen LogP contribution in [0.4, 0.5) is 0 Å². The Morgan fingerprint density at radius 1 is 1.07 bits per heavy atom. The Morgan fingerprint density at radius 3 is 2.38 bits per heavy atom. The van der Waals surface area contributed by atoms with Crippen molar-refractivity contribution in [2.24, 2.45) is 0 Å². The molecule has 0 spiro atoms. The Hall–Kier alpha value is -2.86. The molecular weight excluding hydrogens is 392 g/mol. The fraction of sp³-hybridized carbons (Fsp3) is 0.286. The summed E-state index contributed by atoms with van der Waals surface area (Å²) < 4.78 is 36.8. The van der Waals surface area contributed by atoms with Crippen molar-refractivity contribution in [3.8, 4) is 18.1 Å². The van der Waals surface area contributed by atoms with Crippen molar-refractivity contribution in [1.82, 2.24) is 10.0 Å². The maximum Gasteiger partial charge on any atom is 0.251 e. The largest absolute Gasteiger partial charge is 0.481 e. The van der Waals surface area contributed by atoms with Gasteiger partial charge in [-0.1, -0.05) is 18.1 Å². The maximum atomic E-state index is 12.2. The molecule has 1 amide bonds. The molecule has 2 aromatic rings. The molecule has 29 heavy (non-hydrogen) atoms. The van der Waals surface area contributed by atoms with Crippen LogP contribution in [-0.2, 0) is 21.2 Å². The van der Waals surface area contributed by atoms with E-state index in [2.05, 4.69) is 16.0 Å². The topological polar surface area (TPSA) is 93.7 Å². The number of hydrogen-bond donors (Lipinski definition) is 2. The van der Waals surface area contributed by atoms with E-state index in [0.29, 0.717) is 24.3 Å². The van der Waals surface area contributed by atoms with Crippen LogP contribution in [0.15, 0.2) is 53.4 Å². The summed E-state index contributed by atoms with van der Waals surface area (Å²) in [7, 11) is -2.13. The molecule has 0 aromatic heterocycles. The first-order valence-electron chi connectivity index (χ1n) is 8.98. The number of carbonyl (C=O) groups excluding carboxylic acids is 1. The number of ether oxygens (including phenoxy) is 2. The summed E-state index contributed by atoms with van der Waals surface area (Å²) in [5.41, 5.74) is 1.43. The fourth-order valence-corrected chi connectivity index (χ4v) is 3.46. The third-order valence-electron chi connectivity index (χ3n) is 3.97. The molecule has 0 aliphatic heterocycles. The minimum absolute atomic E-state index is 0.0947. The van der Waals surface area contributed by atoms with Crippen molar-refractivity contribution in [2.75, 3.05) is 33.4 Å². The summed E-state index contributed by atoms with van der Waals surface area (Å²) in [5, 5.41) is 2.82. The van der Waals surface area contributed by atoms with E-state index in [0.717, 1.165) is 5.56 Å². The summed E-state index contributed by atoms with van der Waals surface area (Å²) in [6.07, 6.45) is 5.80. The number of amides is 1. The van der Waals surface area contributed by atoms with Crippen LogP contribution in [0.3, 0.4) is 0 Å². The lowest BCUT2D eigenvalue weighted by Crippen LogP contribution is -2.28. The van der Waals surface area contributed by atoms with Crippen molar-refractivity contribution in [1.29, 1.82) is 0 Å². The number of methoxy groups -OCH3 is 1. The quantitative estimate of drug-likeness (QED) is 0.429. The zero-order valence-corrected chi connectivity index (χ0v) is 17.0. The van der Waals surface area contributed by atoms with Crippen LogP contribution in [0, 0.1) is 12.3 Å². The lowest BCUT2D eigenvalue weighted by Gasteiger charge is -2.08. The number of carbonyl (C=O) groups is 1. The normalized spacial score (nSPS) is 10.9. The second kappa shape index (κ2) is 11.2. The molecule has 0 bridgehead atoms. The second-order valence-electron chi connectivity index (χ2n) is 6.06. The van der Waals surface area contributed by atoms with Crippen LogP contribution in [-0.4, -0.2) is 47.7 Å². The molecule has 0 aliphatic rings. The van der Waals surface area contributed by atoms with E-state index < -0.39 is 10.0 Å². The molecule has 0 saturated carbocycles. The van der Waals surface area contributed by atoms with Crippen LogP contribution in [0.1, 0.15) is 15.9 Å². The Morgan fingerprint density at radius 2 is 1.76 bits per heavy atom. The van der Waals surface area contributed by atoms with Gasteiger partial charge in [0.05, 0.1) is 11.5 Å². The number of nitrogens with one attached hydrogen (secondary N) is 2. The number of hydrogen-bond acceptors (Lipinski definition) is 5. The van der Waals surface area contributed by atoms with Gasteiger partial charge in [0.1, 0.15) is 12.4 Å². The Kier molecular flexibility index (Phi) is 8.68. The average molecular weight is 416 g/mol. The van der Waals surface area contributed by atoms with Crippen LogP contribution in [0.2, 0.25) is 0 Å². The van der Waals surface area contributed by atoms with Crippen molar-refractivity contribution in [3.63, 3.8) is 0 Å². The van der Waals surface area contributed by atoms with E-state index in [-0.39, 0.29) is 30.6 Å². The summed E-state index contributed by atoms with van der Waals surface area (Å²) in [4.78, 5) is 12.3.